The fraction of sp³-hybridized carbons (Fsp3) is 0.533. The number of methoxy groups -OCH3 is 1. The van der Waals surface area contributed by atoms with Gasteiger partial charge in [0.05, 0.1) is 48.0 Å². The molecule has 1 saturated heterocycles. The predicted octanol–water partition coefficient (Wildman–Crippen LogP) is 3.73. The number of benzene rings is 1. The molecular formula is C30H40N4O7S. The van der Waals surface area contributed by atoms with E-state index in [0.717, 1.165) is 21.7 Å². The van der Waals surface area contributed by atoms with Gasteiger partial charge >= 0.3 is 0 Å². The van der Waals surface area contributed by atoms with E-state index in [1.165, 1.54) is 4.90 Å². The van der Waals surface area contributed by atoms with Crippen LogP contribution in [-0.2, 0) is 19.1 Å². The number of aromatic nitrogens is 2. The summed E-state index contributed by atoms with van der Waals surface area (Å²) in [5.41, 5.74) is 4.81. The van der Waals surface area contributed by atoms with Crippen molar-refractivity contribution in [3.8, 4) is 16.3 Å². The van der Waals surface area contributed by atoms with Gasteiger partial charge in [-0.15, -0.1) is 11.3 Å². The number of nitrogens with zero attached hydrogens (tertiary/aromatic N) is 3. The van der Waals surface area contributed by atoms with Crippen LogP contribution < -0.4 is 10.1 Å². The maximum absolute atomic E-state index is 13.8. The molecule has 3 aromatic rings. The molecule has 1 aromatic carbocycles. The minimum Gasteiger partial charge on any atom is -0.473 e. The first-order chi connectivity index (χ1) is 20.2. The van der Waals surface area contributed by atoms with Crippen LogP contribution >= 0.6 is 11.3 Å². The molecule has 0 spiro atoms. The van der Waals surface area contributed by atoms with Crippen LogP contribution in [0.2, 0.25) is 0 Å². The SMILES string of the molecule is COCCOCCOc1cc([C@H](C(=O)N2C[C@H](O)C[C@H]2C(=O)N[C@@H](C)c2ccc(-c3scnc3C)cc2)C(C)C)on1. The zero-order valence-corrected chi connectivity index (χ0v) is 25.6. The molecule has 0 saturated carbocycles. The van der Waals surface area contributed by atoms with Gasteiger partial charge in [-0.25, -0.2) is 4.98 Å². The van der Waals surface area contributed by atoms with Crippen molar-refractivity contribution in [3.05, 3.63) is 52.9 Å². The van der Waals surface area contributed by atoms with Crippen LogP contribution in [0, 0.1) is 12.8 Å². The molecule has 11 nitrogen and oxygen atoms in total. The maximum Gasteiger partial charge on any atom is 0.254 e. The number of amides is 2. The van der Waals surface area contributed by atoms with E-state index in [0.29, 0.717) is 25.6 Å². The van der Waals surface area contributed by atoms with E-state index in [-0.39, 0.29) is 49.2 Å². The van der Waals surface area contributed by atoms with Crippen molar-refractivity contribution in [3.63, 3.8) is 0 Å². The highest BCUT2D eigenvalue weighted by molar-refractivity contribution is 7.13. The lowest BCUT2D eigenvalue weighted by molar-refractivity contribution is -0.141. The van der Waals surface area contributed by atoms with Gasteiger partial charge in [0.2, 0.25) is 11.8 Å². The number of nitrogens with one attached hydrogen (secondary N) is 1. The minimum atomic E-state index is -0.807. The number of aliphatic hydroxyl groups is 1. The zero-order valence-electron chi connectivity index (χ0n) is 24.7. The Morgan fingerprint density at radius 2 is 1.90 bits per heavy atom. The highest BCUT2D eigenvalue weighted by atomic mass is 32.1. The summed E-state index contributed by atoms with van der Waals surface area (Å²) in [5, 5.41) is 17.5. The molecule has 3 heterocycles. The highest BCUT2D eigenvalue weighted by Crippen LogP contribution is 2.33. The molecule has 228 valence electrons. The molecule has 0 bridgehead atoms. The van der Waals surface area contributed by atoms with Gasteiger partial charge in [0.15, 0.2) is 5.76 Å². The van der Waals surface area contributed by atoms with Crippen LogP contribution in [0.15, 0.2) is 40.4 Å². The van der Waals surface area contributed by atoms with Crippen molar-refractivity contribution in [1.29, 1.82) is 0 Å². The first-order valence-electron chi connectivity index (χ1n) is 14.1. The van der Waals surface area contributed by atoms with Crippen LogP contribution in [0.3, 0.4) is 0 Å². The second kappa shape index (κ2) is 14.7. The fourth-order valence-corrected chi connectivity index (χ4v) is 5.86. The molecule has 1 aliphatic heterocycles. The summed E-state index contributed by atoms with van der Waals surface area (Å²) in [5.74, 6) is -0.878. The Morgan fingerprint density at radius 3 is 2.57 bits per heavy atom. The number of ether oxygens (including phenoxy) is 3. The molecule has 2 N–H and O–H groups in total. The molecule has 2 aromatic heterocycles. The number of aryl methyl sites for hydroxylation is 1. The van der Waals surface area contributed by atoms with Gasteiger partial charge in [-0.05, 0) is 36.0 Å². The Morgan fingerprint density at radius 1 is 1.17 bits per heavy atom. The molecule has 1 fully saturated rings. The molecule has 42 heavy (non-hydrogen) atoms. The lowest BCUT2D eigenvalue weighted by atomic mass is 9.91. The number of carbonyl (C=O) groups excluding carboxylic acids is 2. The van der Waals surface area contributed by atoms with E-state index in [1.54, 1.807) is 24.5 Å². The first kappa shape index (κ1) is 31.6. The van der Waals surface area contributed by atoms with E-state index in [4.69, 9.17) is 18.7 Å². The average Bonchev–Trinajstić information content (AvgIpc) is 3.70. The average molecular weight is 601 g/mol. The first-order valence-corrected chi connectivity index (χ1v) is 15.0. The summed E-state index contributed by atoms with van der Waals surface area (Å²) in [7, 11) is 1.60. The van der Waals surface area contributed by atoms with Crippen molar-refractivity contribution in [2.24, 2.45) is 5.92 Å². The Hall–Kier alpha value is -3.32. The van der Waals surface area contributed by atoms with Crippen LogP contribution in [0.1, 0.15) is 56.2 Å². The third-order valence-corrected chi connectivity index (χ3v) is 8.27. The summed E-state index contributed by atoms with van der Waals surface area (Å²) in [6.07, 6.45) is -0.645. The summed E-state index contributed by atoms with van der Waals surface area (Å²) in [6.45, 7) is 9.32. The molecule has 4 atom stereocenters. The number of hydrogen-bond donors (Lipinski definition) is 2. The summed E-state index contributed by atoms with van der Waals surface area (Å²) in [4.78, 5) is 34.1. The summed E-state index contributed by atoms with van der Waals surface area (Å²) < 4.78 is 21.4. The number of β-amino-alcohol motifs (C(OH)–C–C–N with tert-alkyl or cyclic N) is 1. The summed E-state index contributed by atoms with van der Waals surface area (Å²) >= 11 is 1.59. The largest absolute Gasteiger partial charge is 0.473 e. The standard InChI is InChI=1S/C30H40N4O7S/c1-18(2)27(25-15-26(33-41-25)40-13-12-39-11-10-38-5)30(37)34-16-23(35)14-24(34)29(36)32-19(3)21-6-8-22(9-7-21)28-20(4)31-17-42-28/h6-9,15,17-19,23-24,27,35H,10-14,16H2,1-5H3,(H,32,36)/t19-,23+,24-,27+/m0/s1. The molecule has 0 aliphatic carbocycles. The molecular weight excluding hydrogens is 560 g/mol. The molecule has 1 aliphatic rings. The monoisotopic (exact) mass is 600 g/mol. The van der Waals surface area contributed by atoms with Crippen LogP contribution in [0.25, 0.3) is 10.4 Å². The van der Waals surface area contributed by atoms with E-state index in [9.17, 15) is 14.7 Å². The molecule has 0 unspecified atom stereocenters. The Kier molecular flexibility index (Phi) is 11.1. The van der Waals surface area contributed by atoms with E-state index in [2.05, 4.69) is 15.5 Å². The predicted molar refractivity (Wildman–Crippen MR) is 157 cm³/mol. The van der Waals surface area contributed by atoms with Gasteiger partial charge in [-0.2, -0.15) is 0 Å². The van der Waals surface area contributed by atoms with Gasteiger partial charge < -0.3 is 34.1 Å². The highest BCUT2D eigenvalue weighted by Gasteiger charge is 2.43. The van der Waals surface area contributed by atoms with E-state index < -0.39 is 18.1 Å². The van der Waals surface area contributed by atoms with E-state index in [1.807, 2.05) is 57.5 Å². The van der Waals surface area contributed by atoms with Gasteiger partial charge in [0.25, 0.3) is 5.88 Å². The number of hydrogen-bond acceptors (Lipinski definition) is 10. The van der Waals surface area contributed by atoms with Gasteiger partial charge in [0, 0.05) is 26.1 Å². The lowest BCUT2D eigenvalue weighted by Gasteiger charge is -2.29. The normalized spacial score (nSPS) is 18.3. The zero-order chi connectivity index (χ0) is 30.2. The van der Waals surface area contributed by atoms with Crippen molar-refractivity contribution in [2.45, 2.75) is 58.2 Å². The number of carbonyl (C=O) groups is 2. The van der Waals surface area contributed by atoms with E-state index >= 15 is 0 Å². The third kappa shape index (κ3) is 7.74. The Labute approximate surface area is 250 Å². The van der Waals surface area contributed by atoms with Crippen molar-refractivity contribution < 1.29 is 33.4 Å². The third-order valence-electron chi connectivity index (χ3n) is 7.30. The van der Waals surface area contributed by atoms with Crippen LogP contribution in [0.4, 0.5) is 0 Å². The van der Waals surface area contributed by atoms with Gasteiger partial charge in [-0.1, -0.05) is 38.1 Å². The number of thiazole rings is 1. The second-order valence-corrected chi connectivity index (χ2v) is 11.6. The molecule has 12 heteroatoms. The van der Waals surface area contributed by atoms with Gasteiger partial charge in [-0.3, -0.25) is 9.59 Å². The minimum absolute atomic E-state index is 0.0632. The van der Waals surface area contributed by atoms with Gasteiger partial charge in [0.1, 0.15) is 18.6 Å². The molecule has 2 amide bonds. The van der Waals surface area contributed by atoms with Crippen LogP contribution in [-0.4, -0.2) is 84.2 Å². The van der Waals surface area contributed by atoms with Crippen molar-refractivity contribution >= 4 is 23.2 Å². The second-order valence-electron chi connectivity index (χ2n) is 10.8. The van der Waals surface area contributed by atoms with Crippen molar-refractivity contribution in [2.75, 3.05) is 40.1 Å². The van der Waals surface area contributed by atoms with Crippen molar-refractivity contribution in [1.82, 2.24) is 20.4 Å². The smallest absolute Gasteiger partial charge is 0.254 e. The molecule has 0 radical (unpaired) electrons. The lowest BCUT2D eigenvalue weighted by Crippen LogP contribution is -2.48. The quantitative estimate of drug-likeness (QED) is 0.265. The fourth-order valence-electron chi connectivity index (χ4n) is 5.05. The number of rotatable bonds is 14. The maximum atomic E-state index is 13.8. The summed E-state index contributed by atoms with van der Waals surface area (Å²) in [6, 6.07) is 8.50. The number of likely N-dealkylation sites (tertiary alicyclic amines) is 1. The topological polar surface area (TPSA) is 136 Å². The number of aliphatic hydroxyl groups excluding tert-OH is 1. The Balaban J connectivity index is 1.39. The Bertz CT molecular complexity index is 1310. The van der Waals surface area contributed by atoms with Crippen LogP contribution in [0.5, 0.6) is 5.88 Å². The molecule has 4 rings (SSSR count).